The molecule has 1 aliphatic heterocycles. The van der Waals surface area contributed by atoms with Gasteiger partial charge in [0.15, 0.2) is 0 Å². The van der Waals surface area contributed by atoms with Crippen LogP contribution in [-0.2, 0) is 0 Å². The Morgan fingerprint density at radius 1 is 1.33 bits per heavy atom. The number of likely N-dealkylation sites (N-methyl/N-ethyl adjacent to an activating group) is 1. The van der Waals surface area contributed by atoms with Gasteiger partial charge in [0, 0.05) is 24.2 Å². The van der Waals surface area contributed by atoms with Crippen LogP contribution in [0.15, 0.2) is 24.3 Å². The van der Waals surface area contributed by atoms with Crippen molar-refractivity contribution < 1.29 is 4.74 Å². The Balaban J connectivity index is 2.15. The highest BCUT2D eigenvalue weighted by atomic mass is 16.5. The number of para-hydroxylation sites is 1. The molecule has 21 heavy (non-hydrogen) atoms. The SMILES string of the molecule is CCNC(CN1CCCC(C)C1C)c1ccccc1OC. The van der Waals surface area contributed by atoms with Gasteiger partial charge in [-0.25, -0.2) is 0 Å². The van der Waals surface area contributed by atoms with Crippen LogP contribution in [-0.4, -0.2) is 37.7 Å². The summed E-state index contributed by atoms with van der Waals surface area (Å²) in [5, 5.41) is 3.63. The van der Waals surface area contributed by atoms with Crippen molar-refractivity contribution in [2.45, 2.75) is 45.7 Å². The molecule has 0 saturated carbocycles. The number of hydrogen-bond acceptors (Lipinski definition) is 3. The molecule has 3 heteroatoms. The predicted octanol–water partition coefficient (Wildman–Crippen LogP) is 3.47. The van der Waals surface area contributed by atoms with E-state index in [-0.39, 0.29) is 0 Å². The van der Waals surface area contributed by atoms with Crippen molar-refractivity contribution in [2.75, 3.05) is 26.7 Å². The Morgan fingerprint density at radius 3 is 2.81 bits per heavy atom. The van der Waals surface area contributed by atoms with Crippen molar-refractivity contribution in [2.24, 2.45) is 5.92 Å². The second-order valence-electron chi connectivity index (χ2n) is 6.21. The van der Waals surface area contributed by atoms with E-state index in [0.29, 0.717) is 12.1 Å². The van der Waals surface area contributed by atoms with E-state index in [1.807, 2.05) is 6.07 Å². The van der Waals surface area contributed by atoms with Gasteiger partial charge >= 0.3 is 0 Å². The van der Waals surface area contributed by atoms with Gasteiger partial charge in [0.25, 0.3) is 0 Å². The number of rotatable bonds is 6. The third kappa shape index (κ3) is 3.98. The maximum absolute atomic E-state index is 5.55. The van der Waals surface area contributed by atoms with Crippen LogP contribution >= 0.6 is 0 Å². The molecule has 1 aliphatic rings. The second kappa shape index (κ2) is 7.81. The molecule has 3 atom stereocenters. The van der Waals surface area contributed by atoms with E-state index in [1.54, 1.807) is 7.11 Å². The van der Waals surface area contributed by atoms with E-state index in [1.165, 1.54) is 24.9 Å². The van der Waals surface area contributed by atoms with Gasteiger partial charge in [0.2, 0.25) is 0 Å². The molecule has 1 fully saturated rings. The number of methoxy groups -OCH3 is 1. The highest BCUT2D eigenvalue weighted by Gasteiger charge is 2.27. The van der Waals surface area contributed by atoms with Crippen molar-refractivity contribution >= 4 is 0 Å². The van der Waals surface area contributed by atoms with Gasteiger partial charge in [-0.15, -0.1) is 0 Å². The lowest BCUT2D eigenvalue weighted by molar-refractivity contribution is 0.102. The largest absolute Gasteiger partial charge is 0.496 e. The first kappa shape index (κ1) is 16.3. The summed E-state index contributed by atoms with van der Waals surface area (Å²) in [4.78, 5) is 2.63. The monoisotopic (exact) mass is 290 g/mol. The van der Waals surface area contributed by atoms with E-state index in [9.17, 15) is 0 Å². The molecule has 0 amide bonds. The fourth-order valence-electron chi connectivity index (χ4n) is 3.39. The quantitative estimate of drug-likeness (QED) is 0.868. The average molecular weight is 290 g/mol. The highest BCUT2D eigenvalue weighted by Crippen LogP contribution is 2.29. The maximum Gasteiger partial charge on any atom is 0.123 e. The lowest BCUT2D eigenvalue weighted by Gasteiger charge is -2.40. The van der Waals surface area contributed by atoms with Gasteiger partial charge in [0.1, 0.15) is 5.75 Å². The third-order valence-corrected chi connectivity index (χ3v) is 4.89. The Kier molecular flexibility index (Phi) is 6.07. The van der Waals surface area contributed by atoms with Crippen LogP contribution in [0.3, 0.4) is 0 Å². The molecule has 1 saturated heterocycles. The number of nitrogens with one attached hydrogen (secondary N) is 1. The fraction of sp³-hybridized carbons (Fsp3) is 0.667. The molecule has 3 unspecified atom stereocenters. The summed E-state index contributed by atoms with van der Waals surface area (Å²) in [6.07, 6.45) is 2.68. The molecule has 3 nitrogen and oxygen atoms in total. The lowest BCUT2D eigenvalue weighted by Crippen LogP contribution is -2.46. The molecule has 1 aromatic carbocycles. The zero-order valence-corrected chi connectivity index (χ0v) is 13.9. The molecule has 118 valence electrons. The summed E-state index contributed by atoms with van der Waals surface area (Å²) in [5.41, 5.74) is 1.27. The molecule has 0 aliphatic carbocycles. The topological polar surface area (TPSA) is 24.5 Å². The molecule has 1 aromatic rings. The van der Waals surface area contributed by atoms with Crippen LogP contribution in [0.2, 0.25) is 0 Å². The molecule has 0 radical (unpaired) electrons. The highest BCUT2D eigenvalue weighted by molar-refractivity contribution is 5.36. The van der Waals surface area contributed by atoms with Gasteiger partial charge in [-0.1, -0.05) is 32.0 Å². The smallest absolute Gasteiger partial charge is 0.123 e. The molecular formula is C18H30N2O. The normalized spacial score (nSPS) is 24.8. The standard InChI is InChI=1S/C18H30N2O/c1-5-19-17(16-10-6-7-11-18(16)21-4)13-20-12-8-9-14(2)15(20)3/h6-7,10-11,14-15,17,19H,5,8-9,12-13H2,1-4H3. The summed E-state index contributed by atoms with van der Waals surface area (Å²) in [7, 11) is 1.76. The first-order chi connectivity index (χ1) is 10.2. The lowest BCUT2D eigenvalue weighted by atomic mass is 9.91. The van der Waals surface area contributed by atoms with Gasteiger partial charge in [-0.05, 0) is 44.8 Å². The van der Waals surface area contributed by atoms with E-state index >= 15 is 0 Å². The summed E-state index contributed by atoms with van der Waals surface area (Å²) >= 11 is 0. The van der Waals surface area contributed by atoms with Gasteiger partial charge < -0.3 is 10.1 Å². The van der Waals surface area contributed by atoms with Crippen molar-refractivity contribution in [3.05, 3.63) is 29.8 Å². The van der Waals surface area contributed by atoms with Gasteiger partial charge in [-0.2, -0.15) is 0 Å². The number of likely N-dealkylation sites (tertiary alicyclic amines) is 1. The molecule has 1 heterocycles. The van der Waals surface area contributed by atoms with E-state index in [4.69, 9.17) is 4.74 Å². The van der Waals surface area contributed by atoms with Crippen LogP contribution in [0.25, 0.3) is 0 Å². The number of benzene rings is 1. The Morgan fingerprint density at radius 2 is 2.10 bits per heavy atom. The average Bonchev–Trinajstić information content (AvgIpc) is 2.51. The summed E-state index contributed by atoms with van der Waals surface area (Å²) in [6.45, 7) is 10.2. The summed E-state index contributed by atoms with van der Waals surface area (Å²) in [5.74, 6) is 1.78. The molecule has 0 aromatic heterocycles. The van der Waals surface area contributed by atoms with Crippen molar-refractivity contribution in [1.82, 2.24) is 10.2 Å². The first-order valence-electron chi connectivity index (χ1n) is 8.27. The van der Waals surface area contributed by atoms with Crippen LogP contribution in [0.5, 0.6) is 5.75 Å². The van der Waals surface area contributed by atoms with E-state index < -0.39 is 0 Å². The first-order valence-corrected chi connectivity index (χ1v) is 8.27. The van der Waals surface area contributed by atoms with E-state index in [0.717, 1.165) is 24.8 Å². The van der Waals surface area contributed by atoms with E-state index in [2.05, 4.69) is 49.2 Å². The predicted molar refractivity (Wildman–Crippen MR) is 88.8 cm³/mol. The van der Waals surface area contributed by atoms with Crippen LogP contribution in [0.4, 0.5) is 0 Å². The zero-order chi connectivity index (χ0) is 15.2. The third-order valence-electron chi connectivity index (χ3n) is 4.89. The Hall–Kier alpha value is -1.06. The minimum Gasteiger partial charge on any atom is -0.496 e. The Labute approximate surface area is 129 Å². The van der Waals surface area contributed by atoms with Crippen molar-refractivity contribution in [1.29, 1.82) is 0 Å². The summed E-state index contributed by atoms with van der Waals surface area (Å²) < 4.78 is 5.55. The van der Waals surface area contributed by atoms with Gasteiger partial charge in [-0.3, -0.25) is 4.90 Å². The molecule has 1 N–H and O–H groups in total. The second-order valence-corrected chi connectivity index (χ2v) is 6.21. The van der Waals surface area contributed by atoms with Crippen molar-refractivity contribution in [3.8, 4) is 5.75 Å². The molecular weight excluding hydrogens is 260 g/mol. The number of nitrogens with zero attached hydrogens (tertiary/aromatic N) is 1. The molecule has 0 bridgehead atoms. The van der Waals surface area contributed by atoms with Crippen LogP contribution < -0.4 is 10.1 Å². The van der Waals surface area contributed by atoms with Crippen LogP contribution in [0.1, 0.15) is 45.2 Å². The van der Waals surface area contributed by atoms with Gasteiger partial charge in [0.05, 0.1) is 7.11 Å². The number of hydrogen-bond donors (Lipinski definition) is 1. The van der Waals surface area contributed by atoms with Crippen LogP contribution in [0, 0.1) is 5.92 Å². The summed E-state index contributed by atoms with van der Waals surface area (Å²) in [6, 6.07) is 9.38. The minimum atomic E-state index is 0.332. The molecule has 2 rings (SSSR count). The number of piperidine rings is 1. The zero-order valence-electron chi connectivity index (χ0n) is 13.9. The van der Waals surface area contributed by atoms with Crippen molar-refractivity contribution in [3.63, 3.8) is 0 Å². The molecule has 0 spiro atoms. The minimum absolute atomic E-state index is 0.332. The Bertz CT molecular complexity index is 435. The fourth-order valence-corrected chi connectivity index (χ4v) is 3.39. The number of ether oxygens (including phenoxy) is 1. The maximum atomic E-state index is 5.55.